The molecule has 0 aliphatic heterocycles. The number of aromatic amines is 1. The van der Waals surface area contributed by atoms with E-state index < -0.39 is 0 Å². The lowest BCUT2D eigenvalue weighted by atomic mass is 10.3. The van der Waals surface area contributed by atoms with E-state index in [9.17, 15) is 4.79 Å². The first-order chi connectivity index (χ1) is 8.79. The van der Waals surface area contributed by atoms with E-state index >= 15 is 0 Å². The highest BCUT2D eigenvalue weighted by Crippen LogP contribution is 2.08. The molecule has 6 heteroatoms. The van der Waals surface area contributed by atoms with Gasteiger partial charge in [0, 0.05) is 12.7 Å². The Hall–Kier alpha value is -2.37. The fraction of sp³-hybridized carbons (Fsp3) is 0.250. The second kappa shape index (κ2) is 5.81. The molecule has 0 fully saturated rings. The molecule has 2 aromatic rings. The van der Waals surface area contributed by atoms with Gasteiger partial charge in [-0.25, -0.2) is 4.98 Å². The zero-order chi connectivity index (χ0) is 12.8. The van der Waals surface area contributed by atoms with Gasteiger partial charge in [0.1, 0.15) is 5.69 Å². The summed E-state index contributed by atoms with van der Waals surface area (Å²) in [5.41, 5.74) is 1.91. The SMILES string of the molecule is CCCNc1ccc(C(=O)Nc2cn[nH]c2)nc1. The molecule has 2 heterocycles. The highest BCUT2D eigenvalue weighted by atomic mass is 16.1. The standard InChI is InChI=1S/C12H15N5O/c1-2-5-13-9-3-4-11(14-6-9)12(18)17-10-7-15-16-8-10/h3-4,6-8,13H,2,5H2,1H3,(H,15,16)(H,17,18). The maximum atomic E-state index is 11.8. The van der Waals surface area contributed by atoms with Crippen molar-refractivity contribution < 1.29 is 4.79 Å². The van der Waals surface area contributed by atoms with Crippen molar-refractivity contribution in [3.8, 4) is 0 Å². The Labute approximate surface area is 105 Å². The molecule has 94 valence electrons. The smallest absolute Gasteiger partial charge is 0.274 e. The van der Waals surface area contributed by atoms with Gasteiger partial charge in [-0.1, -0.05) is 6.92 Å². The fourth-order valence-corrected chi connectivity index (χ4v) is 1.42. The molecule has 0 saturated carbocycles. The molecule has 18 heavy (non-hydrogen) atoms. The lowest BCUT2D eigenvalue weighted by Crippen LogP contribution is -2.13. The number of pyridine rings is 1. The van der Waals surface area contributed by atoms with Crippen molar-refractivity contribution in [3.05, 3.63) is 36.4 Å². The van der Waals surface area contributed by atoms with Gasteiger partial charge in [-0.2, -0.15) is 5.10 Å². The number of H-pyrrole nitrogens is 1. The molecule has 3 N–H and O–H groups in total. The molecular weight excluding hydrogens is 230 g/mol. The number of hydrogen-bond acceptors (Lipinski definition) is 4. The van der Waals surface area contributed by atoms with Crippen LogP contribution in [0.1, 0.15) is 23.8 Å². The molecule has 0 bridgehead atoms. The van der Waals surface area contributed by atoms with Crippen molar-refractivity contribution in [2.75, 3.05) is 17.2 Å². The van der Waals surface area contributed by atoms with Crippen LogP contribution >= 0.6 is 0 Å². The van der Waals surface area contributed by atoms with E-state index in [4.69, 9.17) is 0 Å². The Balaban J connectivity index is 1.98. The van der Waals surface area contributed by atoms with Crippen LogP contribution in [0, 0.1) is 0 Å². The molecule has 0 radical (unpaired) electrons. The molecular formula is C12H15N5O. The van der Waals surface area contributed by atoms with Gasteiger partial charge in [0.15, 0.2) is 0 Å². The Kier molecular flexibility index (Phi) is 3.90. The Morgan fingerprint density at radius 2 is 2.22 bits per heavy atom. The quantitative estimate of drug-likeness (QED) is 0.751. The molecule has 0 spiro atoms. The van der Waals surface area contributed by atoms with Crippen molar-refractivity contribution >= 4 is 17.3 Å². The summed E-state index contributed by atoms with van der Waals surface area (Å²) in [6.07, 6.45) is 5.84. The summed E-state index contributed by atoms with van der Waals surface area (Å²) < 4.78 is 0. The summed E-state index contributed by atoms with van der Waals surface area (Å²) in [5, 5.41) is 12.3. The van der Waals surface area contributed by atoms with E-state index in [1.165, 1.54) is 6.20 Å². The van der Waals surface area contributed by atoms with Crippen LogP contribution in [0.3, 0.4) is 0 Å². The Morgan fingerprint density at radius 3 is 2.83 bits per heavy atom. The minimum absolute atomic E-state index is 0.251. The molecule has 0 aromatic carbocycles. The number of rotatable bonds is 5. The molecule has 1 amide bonds. The largest absolute Gasteiger partial charge is 0.384 e. The van der Waals surface area contributed by atoms with Gasteiger partial charge in [0.2, 0.25) is 0 Å². The predicted molar refractivity (Wildman–Crippen MR) is 69.6 cm³/mol. The number of anilines is 2. The van der Waals surface area contributed by atoms with Gasteiger partial charge < -0.3 is 10.6 Å². The normalized spacial score (nSPS) is 10.1. The van der Waals surface area contributed by atoms with Crippen molar-refractivity contribution in [1.29, 1.82) is 0 Å². The summed E-state index contributed by atoms with van der Waals surface area (Å²) in [4.78, 5) is 15.9. The van der Waals surface area contributed by atoms with Gasteiger partial charge in [-0.3, -0.25) is 9.89 Å². The number of nitrogens with one attached hydrogen (secondary N) is 3. The van der Waals surface area contributed by atoms with Crippen LogP contribution in [0.2, 0.25) is 0 Å². The number of amides is 1. The van der Waals surface area contributed by atoms with Crippen LogP contribution < -0.4 is 10.6 Å². The van der Waals surface area contributed by atoms with Crippen LogP contribution in [0.25, 0.3) is 0 Å². The summed E-state index contributed by atoms with van der Waals surface area (Å²) in [6, 6.07) is 3.53. The van der Waals surface area contributed by atoms with Gasteiger partial charge >= 0.3 is 0 Å². The van der Waals surface area contributed by atoms with E-state index in [2.05, 4.69) is 32.7 Å². The number of carbonyl (C=O) groups excluding carboxylic acids is 1. The number of hydrogen-bond donors (Lipinski definition) is 3. The molecule has 6 nitrogen and oxygen atoms in total. The lowest BCUT2D eigenvalue weighted by molar-refractivity contribution is 0.102. The molecule has 0 aliphatic carbocycles. The van der Waals surface area contributed by atoms with Crippen LogP contribution in [0.15, 0.2) is 30.7 Å². The Morgan fingerprint density at radius 1 is 1.33 bits per heavy atom. The maximum Gasteiger partial charge on any atom is 0.274 e. The van der Waals surface area contributed by atoms with Crippen LogP contribution in [-0.2, 0) is 0 Å². The monoisotopic (exact) mass is 245 g/mol. The topological polar surface area (TPSA) is 82.7 Å². The number of nitrogens with zero attached hydrogens (tertiary/aromatic N) is 2. The van der Waals surface area contributed by atoms with Crippen LogP contribution in [0.5, 0.6) is 0 Å². The molecule has 0 saturated heterocycles. The predicted octanol–water partition coefficient (Wildman–Crippen LogP) is 1.88. The van der Waals surface area contributed by atoms with E-state index in [1.807, 2.05) is 6.07 Å². The molecule has 0 atom stereocenters. The van der Waals surface area contributed by atoms with E-state index in [0.29, 0.717) is 11.4 Å². The summed E-state index contributed by atoms with van der Waals surface area (Å²) in [6.45, 7) is 2.98. The van der Waals surface area contributed by atoms with Gasteiger partial charge in [-0.15, -0.1) is 0 Å². The van der Waals surface area contributed by atoms with Crippen molar-refractivity contribution in [1.82, 2.24) is 15.2 Å². The second-order valence-corrected chi connectivity index (χ2v) is 3.80. The highest BCUT2D eigenvalue weighted by Gasteiger charge is 2.07. The highest BCUT2D eigenvalue weighted by molar-refractivity contribution is 6.02. The number of carbonyl (C=O) groups is 1. The van der Waals surface area contributed by atoms with Gasteiger partial charge in [-0.05, 0) is 18.6 Å². The molecule has 2 aromatic heterocycles. The van der Waals surface area contributed by atoms with Gasteiger partial charge in [0.25, 0.3) is 5.91 Å². The zero-order valence-corrected chi connectivity index (χ0v) is 10.1. The van der Waals surface area contributed by atoms with Crippen LogP contribution in [-0.4, -0.2) is 27.6 Å². The third kappa shape index (κ3) is 3.07. The van der Waals surface area contributed by atoms with E-state index in [-0.39, 0.29) is 5.91 Å². The first-order valence-corrected chi connectivity index (χ1v) is 5.79. The average Bonchev–Trinajstić information content (AvgIpc) is 2.89. The lowest BCUT2D eigenvalue weighted by Gasteiger charge is -2.05. The third-order valence-electron chi connectivity index (χ3n) is 2.33. The Bertz CT molecular complexity index is 492. The molecule has 0 aliphatic rings. The first-order valence-electron chi connectivity index (χ1n) is 5.79. The van der Waals surface area contributed by atoms with E-state index in [0.717, 1.165) is 18.7 Å². The van der Waals surface area contributed by atoms with Crippen molar-refractivity contribution in [3.63, 3.8) is 0 Å². The third-order valence-corrected chi connectivity index (χ3v) is 2.33. The second-order valence-electron chi connectivity index (χ2n) is 3.80. The fourth-order valence-electron chi connectivity index (χ4n) is 1.42. The minimum atomic E-state index is -0.251. The summed E-state index contributed by atoms with van der Waals surface area (Å²) in [5.74, 6) is -0.251. The van der Waals surface area contributed by atoms with Crippen molar-refractivity contribution in [2.45, 2.75) is 13.3 Å². The summed E-state index contributed by atoms with van der Waals surface area (Å²) in [7, 11) is 0. The minimum Gasteiger partial charge on any atom is -0.384 e. The van der Waals surface area contributed by atoms with E-state index in [1.54, 1.807) is 18.5 Å². The first kappa shape index (κ1) is 12.1. The van der Waals surface area contributed by atoms with Crippen LogP contribution in [0.4, 0.5) is 11.4 Å². The molecule has 0 unspecified atom stereocenters. The zero-order valence-electron chi connectivity index (χ0n) is 10.1. The maximum absolute atomic E-state index is 11.8. The van der Waals surface area contributed by atoms with Crippen molar-refractivity contribution in [2.24, 2.45) is 0 Å². The average molecular weight is 245 g/mol. The molecule has 2 rings (SSSR count). The summed E-state index contributed by atoms with van der Waals surface area (Å²) >= 11 is 0. The number of aromatic nitrogens is 3. The van der Waals surface area contributed by atoms with Gasteiger partial charge in [0.05, 0.1) is 23.8 Å².